The molecule has 6 heteroatoms. The summed E-state index contributed by atoms with van der Waals surface area (Å²) in [4.78, 5) is 0.853. The molecule has 2 aliphatic carbocycles. The van der Waals surface area contributed by atoms with E-state index < -0.39 is 24.9 Å². The van der Waals surface area contributed by atoms with E-state index in [-0.39, 0.29) is 4.90 Å². The highest BCUT2D eigenvalue weighted by Crippen LogP contribution is 2.45. The van der Waals surface area contributed by atoms with Gasteiger partial charge in [-0.15, -0.1) is 0 Å². The zero-order valence-corrected chi connectivity index (χ0v) is 17.0. The lowest BCUT2D eigenvalue weighted by atomic mass is 9.83. The predicted octanol–water partition coefficient (Wildman–Crippen LogP) is 4.46. The molecule has 0 aromatic heterocycles. The maximum atomic E-state index is 13.3. The van der Waals surface area contributed by atoms with Gasteiger partial charge in [-0.05, 0) is 67.5 Å². The van der Waals surface area contributed by atoms with Gasteiger partial charge < -0.3 is 0 Å². The average Bonchev–Trinajstić information content (AvgIpc) is 2.68. The molecule has 0 amide bonds. The van der Waals surface area contributed by atoms with Gasteiger partial charge in [0.25, 0.3) is 0 Å². The van der Waals surface area contributed by atoms with Crippen molar-refractivity contribution in [2.75, 3.05) is 0 Å². The van der Waals surface area contributed by atoms with Gasteiger partial charge >= 0.3 is 0 Å². The zero-order valence-electron chi connectivity index (χ0n) is 15.4. The van der Waals surface area contributed by atoms with E-state index in [0.717, 1.165) is 5.57 Å². The summed E-state index contributed by atoms with van der Waals surface area (Å²) in [7, 11) is -7.20. The Kier molecular flexibility index (Phi) is 5.02. The second-order valence-corrected chi connectivity index (χ2v) is 11.2. The molecule has 0 heterocycles. The highest BCUT2D eigenvalue weighted by atomic mass is 32.2. The first-order chi connectivity index (χ1) is 13.4. The van der Waals surface area contributed by atoms with Crippen molar-refractivity contribution in [2.24, 2.45) is 0 Å². The lowest BCUT2D eigenvalue weighted by molar-refractivity contribution is 0.563. The largest absolute Gasteiger partial charge is 0.223 e. The number of benzene rings is 2. The van der Waals surface area contributed by atoms with Crippen LogP contribution >= 0.6 is 0 Å². The van der Waals surface area contributed by atoms with Crippen molar-refractivity contribution in [1.82, 2.24) is 0 Å². The third kappa shape index (κ3) is 3.25. The van der Waals surface area contributed by atoms with Crippen molar-refractivity contribution >= 4 is 19.7 Å². The van der Waals surface area contributed by atoms with E-state index in [0.29, 0.717) is 47.5 Å². The van der Waals surface area contributed by atoms with Crippen molar-refractivity contribution < 1.29 is 16.8 Å². The predicted molar refractivity (Wildman–Crippen MR) is 109 cm³/mol. The maximum absolute atomic E-state index is 13.3. The summed E-state index contributed by atoms with van der Waals surface area (Å²) in [5.41, 5.74) is 1.47. The van der Waals surface area contributed by atoms with Gasteiger partial charge in [0, 0.05) is 0 Å². The van der Waals surface area contributed by atoms with Crippen LogP contribution < -0.4 is 0 Å². The molecule has 28 heavy (non-hydrogen) atoms. The van der Waals surface area contributed by atoms with Crippen LogP contribution in [-0.4, -0.2) is 22.1 Å². The molecule has 0 spiro atoms. The van der Waals surface area contributed by atoms with Crippen LogP contribution in [0.25, 0.3) is 0 Å². The minimum atomic E-state index is -3.66. The van der Waals surface area contributed by atoms with Crippen molar-refractivity contribution in [1.29, 1.82) is 0 Å². The zero-order chi connectivity index (χ0) is 19.8. The van der Waals surface area contributed by atoms with Crippen LogP contribution in [-0.2, 0) is 19.7 Å². The van der Waals surface area contributed by atoms with Gasteiger partial charge in [0.2, 0.25) is 9.84 Å². The van der Waals surface area contributed by atoms with E-state index in [1.807, 2.05) is 0 Å². The van der Waals surface area contributed by atoms with Crippen molar-refractivity contribution in [3.05, 3.63) is 82.8 Å². The molecule has 2 aromatic carbocycles. The number of rotatable bonds is 4. The molecule has 4 rings (SSSR count). The summed E-state index contributed by atoms with van der Waals surface area (Å²) in [6, 6.07) is 16.8. The molecule has 0 radical (unpaired) electrons. The highest BCUT2D eigenvalue weighted by molar-refractivity contribution is 7.95. The van der Waals surface area contributed by atoms with Crippen molar-refractivity contribution in [2.45, 2.75) is 47.1 Å². The number of hydrogen-bond acceptors (Lipinski definition) is 4. The first-order valence-electron chi connectivity index (χ1n) is 9.44. The molecular formula is C22H22O4S2. The minimum Gasteiger partial charge on any atom is -0.223 e. The maximum Gasteiger partial charge on any atom is 0.206 e. The quantitative estimate of drug-likeness (QED) is 0.741. The molecule has 1 atom stereocenters. The molecule has 1 unspecified atom stereocenters. The standard InChI is InChI=1S/C22H22O4S2/c23-27(24,17-9-3-1-4-10-17)21-13-7-8-14-22(20-16-15-19(20)21)28(25,26)18-11-5-2-6-12-18/h1-6,9-13,22H,7-8,14-16H2/b21-13+. The summed E-state index contributed by atoms with van der Waals surface area (Å²) < 4.78 is 53.0. The fourth-order valence-corrected chi connectivity index (χ4v) is 7.62. The summed E-state index contributed by atoms with van der Waals surface area (Å²) in [6.07, 6.45) is 4.73. The van der Waals surface area contributed by atoms with E-state index in [1.165, 1.54) is 0 Å². The Labute approximate surface area is 166 Å². The van der Waals surface area contributed by atoms with Gasteiger partial charge in [-0.3, -0.25) is 0 Å². The Morgan fingerprint density at radius 2 is 1.36 bits per heavy atom. The molecule has 0 N–H and O–H groups in total. The van der Waals surface area contributed by atoms with E-state index in [2.05, 4.69) is 0 Å². The van der Waals surface area contributed by atoms with Crippen molar-refractivity contribution in [3.8, 4) is 0 Å². The molecule has 0 bridgehead atoms. The first kappa shape index (κ1) is 19.2. The minimum absolute atomic E-state index is 0.253. The van der Waals surface area contributed by atoms with Gasteiger partial charge in [0.15, 0.2) is 9.84 Å². The van der Waals surface area contributed by atoms with Crippen molar-refractivity contribution in [3.63, 3.8) is 0 Å². The molecule has 2 aliphatic rings. The van der Waals surface area contributed by atoms with E-state index in [1.54, 1.807) is 66.7 Å². The molecule has 4 nitrogen and oxygen atoms in total. The van der Waals surface area contributed by atoms with E-state index >= 15 is 0 Å². The van der Waals surface area contributed by atoms with Crippen LogP contribution in [0.15, 0.2) is 92.6 Å². The summed E-state index contributed by atoms with van der Waals surface area (Å²) in [6.45, 7) is 0. The van der Waals surface area contributed by atoms with E-state index in [9.17, 15) is 16.8 Å². The SMILES string of the molecule is O=S(=O)(/C1=C/CCCC(S(=O)(=O)c2ccccc2)C2=C1CC2)c1ccccc1. The fraction of sp³-hybridized carbons (Fsp3) is 0.273. The molecule has 0 fully saturated rings. The van der Waals surface area contributed by atoms with Gasteiger partial charge in [-0.1, -0.05) is 42.5 Å². The Morgan fingerprint density at radius 1 is 0.750 bits per heavy atom. The number of sulfone groups is 2. The van der Waals surface area contributed by atoms with Crippen LogP contribution in [0, 0.1) is 0 Å². The number of allylic oxidation sites excluding steroid dienone is 2. The second kappa shape index (κ2) is 7.33. The third-order valence-corrected chi connectivity index (χ3v) is 9.59. The molecule has 0 saturated heterocycles. The summed E-state index contributed by atoms with van der Waals surface area (Å²) in [5.74, 6) is 0. The second-order valence-electron chi connectivity index (χ2n) is 7.17. The Balaban J connectivity index is 1.80. The van der Waals surface area contributed by atoms with Gasteiger partial charge in [0.05, 0.1) is 19.9 Å². The van der Waals surface area contributed by atoms with Crippen LogP contribution in [0.4, 0.5) is 0 Å². The lowest BCUT2D eigenvalue weighted by Gasteiger charge is -2.33. The summed E-state index contributed by atoms with van der Waals surface area (Å²) >= 11 is 0. The van der Waals surface area contributed by atoms with Crippen LogP contribution in [0.5, 0.6) is 0 Å². The third-order valence-electron chi connectivity index (χ3n) is 5.51. The Hall–Kier alpha value is -2.18. The fourth-order valence-electron chi connectivity index (χ4n) is 3.98. The molecular weight excluding hydrogens is 392 g/mol. The van der Waals surface area contributed by atoms with Crippen LogP contribution in [0.3, 0.4) is 0 Å². The monoisotopic (exact) mass is 414 g/mol. The lowest BCUT2D eigenvalue weighted by Crippen LogP contribution is -2.30. The normalized spacial score (nSPS) is 22.3. The van der Waals surface area contributed by atoms with Crippen LogP contribution in [0.1, 0.15) is 32.1 Å². The molecule has 0 saturated carbocycles. The topological polar surface area (TPSA) is 68.3 Å². The highest BCUT2D eigenvalue weighted by Gasteiger charge is 2.39. The average molecular weight is 415 g/mol. The molecule has 146 valence electrons. The number of hydrogen-bond donors (Lipinski definition) is 0. The van der Waals surface area contributed by atoms with Crippen LogP contribution in [0.2, 0.25) is 0 Å². The van der Waals surface area contributed by atoms with E-state index in [4.69, 9.17) is 0 Å². The van der Waals surface area contributed by atoms with Gasteiger partial charge in [-0.2, -0.15) is 0 Å². The summed E-state index contributed by atoms with van der Waals surface area (Å²) in [5, 5.41) is -0.645. The van der Waals surface area contributed by atoms with Gasteiger partial charge in [-0.25, -0.2) is 16.8 Å². The Bertz CT molecular complexity index is 1140. The molecule has 2 aromatic rings. The molecule has 0 aliphatic heterocycles. The smallest absolute Gasteiger partial charge is 0.206 e. The Morgan fingerprint density at radius 3 is 1.93 bits per heavy atom. The van der Waals surface area contributed by atoms with Gasteiger partial charge in [0.1, 0.15) is 0 Å². The first-order valence-corrected chi connectivity index (χ1v) is 12.5.